The number of benzene rings is 1. The normalized spacial score (nSPS) is 30.6. The van der Waals surface area contributed by atoms with Crippen molar-refractivity contribution in [3.63, 3.8) is 0 Å². The minimum atomic E-state index is -0.246. The highest BCUT2D eigenvalue weighted by Crippen LogP contribution is 2.64. The van der Waals surface area contributed by atoms with Crippen LogP contribution in [0, 0.1) is 12.8 Å². The van der Waals surface area contributed by atoms with Crippen LogP contribution in [0.2, 0.25) is 0 Å². The Labute approximate surface area is 165 Å². The molecule has 2 aromatic rings. The van der Waals surface area contributed by atoms with Gasteiger partial charge < -0.3 is 9.64 Å². The highest BCUT2D eigenvalue weighted by Gasteiger charge is 2.64. The van der Waals surface area contributed by atoms with Gasteiger partial charge in [0.05, 0.1) is 0 Å². The molecule has 1 aromatic carbocycles. The van der Waals surface area contributed by atoms with Gasteiger partial charge in [-0.15, -0.1) is 0 Å². The number of piperidine rings is 1. The zero-order valence-corrected chi connectivity index (χ0v) is 16.9. The van der Waals surface area contributed by atoms with Crippen molar-refractivity contribution in [2.75, 3.05) is 13.1 Å². The van der Waals surface area contributed by atoms with Crippen molar-refractivity contribution < 1.29 is 9.53 Å². The van der Waals surface area contributed by atoms with Gasteiger partial charge >= 0.3 is 0 Å². The number of carbonyl (C=O) groups is 1. The van der Waals surface area contributed by atoms with Crippen molar-refractivity contribution in [2.24, 2.45) is 5.92 Å². The largest absolute Gasteiger partial charge is 0.488 e. The number of ether oxygens (including phenoxy) is 1. The van der Waals surface area contributed by atoms with Crippen LogP contribution in [0.3, 0.4) is 0 Å². The predicted molar refractivity (Wildman–Crippen MR) is 105 cm³/mol. The number of carbonyl (C=O) groups excluding carboxylic acids is 1. The quantitative estimate of drug-likeness (QED) is 0.867. The molecule has 1 N–H and O–H groups in total. The summed E-state index contributed by atoms with van der Waals surface area (Å²) in [5.74, 6) is 3.21. The number of aromatic nitrogens is 3. The highest BCUT2D eigenvalue weighted by atomic mass is 16.5. The van der Waals surface area contributed by atoms with Crippen LogP contribution in [0.15, 0.2) is 24.3 Å². The number of aromatic amines is 1. The fourth-order valence-corrected chi connectivity index (χ4v) is 5.43. The highest BCUT2D eigenvalue weighted by molar-refractivity contribution is 5.85. The van der Waals surface area contributed by atoms with E-state index in [1.54, 1.807) is 0 Å². The molecule has 6 heteroatoms. The van der Waals surface area contributed by atoms with E-state index in [0.29, 0.717) is 5.91 Å². The van der Waals surface area contributed by atoms with Gasteiger partial charge in [-0.25, -0.2) is 4.98 Å². The van der Waals surface area contributed by atoms with Gasteiger partial charge in [-0.2, -0.15) is 5.10 Å². The Morgan fingerprint density at radius 1 is 1.32 bits per heavy atom. The zero-order chi connectivity index (χ0) is 19.5. The molecule has 1 amide bonds. The molecule has 6 nitrogen and oxygen atoms in total. The first-order valence-corrected chi connectivity index (χ1v) is 10.3. The average molecular weight is 380 g/mol. The van der Waals surface area contributed by atoms with Crippen molar-refractivity contribution in [3.05, 3.63) is 41.5 Å². The van der Waals surface area contributed by atoms with Crippen LogP contribution in [-0.2, 0) is 10.2 Å². The van der Waals surface area contributed by atoms with E-state index in [-0.39, 0.29) is 22.9 Å². The molecule has 1 saturated carbocycles. The Morgan fingerprint density at radius 2 is 2.14 bits per heavy atom. The Kier molecular flexibility index (Phi) is 3.83. The van der Waals surface area contributed by atoms with Crippen molar-refractivity contribution in [2.45, 2.75) is 63.4 Å². The fraction of sp³-hybridized carbons (Fsp3) is 0.591. The lowest BCUT2D eigenvalue weighted by molar-refractivity contribution is -0.134. The van der Waals surface area contributed by atoms with Crippen molar-refractivity contribution in [1.29, 1.82) is 0 Å². The summed E-state index contributed by atoms with van der Waals surface area (Å²) in [5.41, 5.74) is 0.902. The van der Waals surface area contributed by atoms with Crippen molar-refractivity contribution >= 4 is 5.91 Å². The van der Waals surface area contributed by atoms with Crippen LogP contribution in [0.4, 0.5) is 0 Å². The number of amides is 1. The molecule has 1 spiro atoms. The van der Waals surface area contributed by atoms with Gasteiger partial charge in [0.1, 0.15) is 17.2 Å². The van der Waals surface area contributed by atoms with Crippen LogP contribution in [0.1, 0.15) is 62.7 Å². The van der Waals surface area contributed by atoms with E-state index in [4.69, 9.17) is 4.74 Å². The number of para-hydroxylation sites is 1. The number of hydrogen-bond acceptors (Lipinski definition) is 4. The maximum atomic E-state index is 13.5. The maximum absolute atomic E-state index is 13.5. The van der Waals surface area contributed by atoms with E-state index in [2.05, 4.69) is 46.1 Å². The number of hydrogen-bond donors (Lipinski definition) is 1. The Balaban J connectivity index is 1.37. The molecule has 1 saturated heterocycles. The van der Waals surface area contributed by atoms with Gasteiger partial charge in [0.25, 0.3) is 0 Å². The molecule has 3 heterocycles. The van der Waals surface area contributed by atoms with Crippen molar-refractivity contribution in [3.8, 4) is 5.75 Å². The second kappa shape index (κ2) is 6.06. The molecule has 1 aliphatic carbocycles. The van der Waals surface area contributed by atoms with Gasteiger partial charge in [-0.1, -0.05) is 18.2 Å². The average Bonchev–Trinajstić information content (AvgIpc) is 3.19. The van der Waals surface area contributed by atoms with Gasteiger partial charge in [-0.05, 0) is 52.5 Å². The zero-order valence-electron chi connectivity index (χ0n) is 16.9. The molecule has 2 aliphatic heterocycles. The number of fused-ring (bicyclic) bond motifs is 2. The molecule has 148 valence electrons. The second-order valence-corrected chi connectivity index (χ2v) is 9.35. The number of H-pyrrole nitrogens is 1. The van der Waals surface area contributed by atoms with Crippen LogP contribution in [0.25, 0.3) is 0 Å². The molecule has 0 radical (unpaired) electrons. The molecule has 3 atom stereocenters. The summed E-state index contributed by atoms with van der Waals surface area (Å²) < 4.78 is 6.20. The van der Waals surface area contributed by atoms with E-state index < -0.39 is 0 Å². The number of nitrogens with one attached hydrogen (secondary N) is 1. The van der Waals surface area contributed by atoms with E-state index in [0.717, 1.165) is 56.2 Å². The SMILES string of the molecule is Cc1nc([C@@H]2CCCN(C(=O)[C@H]3C[C@@]34CC(C)(C)Oc3ccccc34)C2)n[nH]1. The number of nitrogens with zero attached hydrogens (tertiary/aromatic N) is 3. The summed E-state index contributed by atoms with van der Waals surface area (Å²) in [6.45, 7) is 7.75. The molecule has 28 heavy (non-hydrogen) atoms. The topological polar surface area (TPSA) is 71.1 Å². The third-order valence-electron chi connectivity index (χ3n) is 6.64. The minimum absolute atomic E-state index is 0.0597. The molecule has 1 aromatic heterocycles. The number of aryl methyl sites for hydroxylation is 1. The number of likely N-dealkylation sites (tertiary alicyclic amines) is 1. The van der Waals surface area contributed by atoms with Gasteiger partial charge in [0.2, 0.25) is 5.91 Å². The standard InChI is InChI=1S/C22H28N4O2/c1-14-23-19(25-24-14)15-7-6-10-26(12-15)20(27)17-11-22(17)13-21(2,3)28-18-9-5-4-8-16(18)22/h4-5,8-9,15,17H,6-7,10-13H2,1-3H3,(H,23,24,25)/t15-,17-,22+/m1/s1. The minimum Gasteiger partial charge on any atom is -0.488 e. The van der Waals surface area contributed by atoms with Gasteiger partial charge in [0.15, 0.2) is 5.82 Å². The first kappa shape index (κ1) is 17.7. The third kappa shape index (κ3) is 2.81. The molecule has 0 bridgehead atoms. The monoisotopic (exact) mass is 380 g/mol. The summed E-state index contributed by atoms with van der Waals surface area (Å²) in [6, 6.07) is 8.26. The number of rotatable bonds is 2. The van der Waals surface area contributed by atoms with E-state index >= 15 is 0 Å². The predicted octanol–water partition coefficient (Wildman–Crippen LogP) is 3.34. The van der Waals surface area contributed by atoms with Crippen LogP contribution >= 0.6 is 0 Å². The van der Waals surface area contributed by atoms with Gasteiger partial charge in [0, 0.05) is 35.9 Å². The third-order valence-corrected chi connectivity index (χ3v) is 6.64. The summed E-state index contributed by atoms with van der Waals surface area (Å²) >= 11 is 0. The summed E-state index contributed by atoms with van der Waals surface area (Å²) in [6.07, 6.45) is 3.87. The molecule has 5 rings (SSSR count). The fourth-order valence-electron chi connectivity index (χ4n) is 5.43. The van der Waals surface area contributed by atoms with Gasteiger partial charge in [-0.3, -0.25) is 9.89 Å². The molecule has 3 aliphatic rings. The summed E-state index contributed by atoms with van der Waals surface area (Å²) in [7, 11) is 0. The second-order valence-electron chi connectivity index (χ2n) is 9.35. The van der Waals surface area contributed by atoms with E-state index in [9.17, 15) is 4.79 Å². The lowest BCUT2D eigenvalue weighted by Crippen LogP contribution is -2.44. The summed E-state index contributed by atoms with van der Waals surface area (Å²) in [4.78, 5) is 20.0. The van der Waals surface area contributed by atoms with Crippen LogP contribution in [0.5, 0.6) is 5.75 Å². The first-order chi connectivity index (χ1) is 13.4. The first-order valence-electron chi connectivity index (χ1n) is 10.3. The van der Waals surface area contributed by atoms with E-state index in [1.165, 1.54) is 5.56 Å². The molecular formula is C22H28N4O2. The Hall–Kier alpha value is -2.37. The maximum Gasteiger partial charge on any atom is 0.226 e. The van der Waals surface area contributed by atoms with Crippen LogP contribution in [-0.4, -0.2) is 44.7 Å². The summed E-state index contributed by atoms with van der Waals surface area (Å²) in [5, 5.41) is 7.27. The van der Waals surface area contributed by atoms with Crippen molar-refractivity contribution in [1.82, 2.24) is 20.1 Å². The van der Waals surface area contributed by atoms with Crippen LogP contribution < -0.4 is 4.74 Å². The molecular weight excluding hydrogens is 352 g/mol. The molecule has 2 fully saturated rings. The smallest absolute Gasteiger partial charge is 0.226 e. The lowest BCUT2D eigenvalue weighted by Gasteiger charge is -2.39. The Bertz CT molecular complexity index is 921. The van der Waals surface area contributed by atoms with E-state index in [1.807, 2.05) is 19.1 Å². The molecule has 0 unspecified atom stereocenters. The lowest BCUT2D eigenvalue weighted by atomic mass is 9.79. The Morgan fingerprint density at radius 3 is 2.93 bits per heavy atom.